The van der Waals surface area contributed by atoms with E-state index in [0.29, 0.717) is 17.2 Å². The Labute approximate surface area is 158 Å². The second kappa shape index (κ2) is 9.24. The Morgan fingerprint density at radius 2 is 1.48 bits per heavy atom. The summed E-state index contributed by atoms with van der Waals surface area (Å²) in [5.41, 5.74) is 0.250. The minimum atomic E-state index is -3.68. The molecule has 146 valence electrons. The molecule has 2 aromatic carbocycles. The minimum absolute atomic E-state index is 0.0254. The maximum atomic E-state index is 12.4. The van der Waals surface area contributed by atoms with Crippen LogP contribution >= 0.6 is 0 Å². The highest BCUT2D eigenvalue weighted by Crippen LogP contribution is 2.27. The number of nitrogens with one attached hydrogen (secondary N) is 2. The van der Waals surface area contributed by atoms with Gasteiger partial charge in [-0.25, -0.2) is 13.1 Å². The van der Waals surface area contributed by atoms with Crippen molar-refractivity contribution in [3.05, 3.63) is 48.0 Å². The number of carbonyl (C=O) groups excluding carboxylic acids is 1. The van der Waals surface area contributed by atoms with Gasteiger partial charge in [0.1, 0.15) is 22.8 Å². The van der Waals surface area contributed by atoms with Crippen molar-refractivity contribution < 1.29 is 27.4 Å². The molecule has 2 aromatic rings. The van der Waals surface area contributed by atoms with Crippen LogP contribution in [0, 0.1) is 0 Å². The van der Waals surface area contributed by atoms with Crippen LogP contribution in [0.2, 0.25) is 0 Å². The Kier molecular flexibility index (Phi) is 7.03. The molecular formula is C18H22N2O6S. The first-order valence-electron chi connectivity index (χ1n) is 8.06. The van der Waals surface area contributed by atoms with Gasteiger partial charge in [-0.05, 0) is 36.4 Å². The molecule has 0 spiro atoms. The van der Waals surface area contributed by atoms with E-state index in [1.807, 2.05) is 0 Å². The summed E-state index contributed by atoms with van der Waals surface area (Å²) < 4.78 is 42.3. The largest absolute Gasteiger partial charge is 0.497 e. The van der Waals surface area contributed by atoms with E-state index in [9.17, 15) is 13.2 Å². The number of sulfonamides is 1. The average Bonchev–Trinajstić information content (AvgIpc) is 2.70. The Balaban J connectivity index is 1.95. The molecule has 0 aromatic heterocycles. The van der Waals surface area contributed by atoms with Gasteiger partial charge in [-0.15, -0.1) is 0 Å². The topological polar surface area (TPSA) is 103 Å². The molecule has 8 nitrogen and oxygen atoms in total. The lowest BCUT2D eigenvalue weighted by Crippen LogP contribution is -2.35. The van der Waals surface area contributed by atoms with Gasteiger partial charge in [0.2, 0.25) is 10.0 Å². The third kappa shape index (κ3) is 5.11. The van der Waals surface area contributed by atoms with Crippen molar-refractivity contribution in [2.45, 2.75) is 4.90 Å². The highest BCUT2D eigenvalue weighted by atomic mass is 32.2. The molecule has 0 fully saturated rings. The van der Waals surface area contributed by atoms with Gasteiger partial charge >= 0.3 is 0 Å². The van der Waals surface area contributed by atoms with E-state index in [4.69, 9.17) is 14.2 Å². The first-order chi connectivity index (χ1) is 12.9. The molecule has 0 saturated heterocycles. The van der Waals surface area contributed by atoms with Crippen molar-refractivity contribution in [1.29, 1.82) is 0 Å². The molecule has 0 aliphatic heterocycles. The van der Waals surface area contributed by atoms with Gasteiger partial charge in [0.25, 0.3) is 5.91 Å². The van der Waals surface area contributed by atoms with Crippen molar-refractivity contribution in [3.8, 4) is 17.2 Å². The molecule has 0 saturated carbocycles. The summed E-state index contributed by atoms with van der Waals surface area (Å²) in [4.78, 5) is 12.5. The van der Waals surface area contributed by atoms with E-state index in [-0.39, 0.29) is 23.5 Å². The number of ether oxygens (including phenoxy) is 3. The van der Waals surface area contributed by atoms with E-state index in [2.05, 4.69) is 10.0 Å². The maximum Gasteiger partial charge on any atom is 0.258 e. The van der Waals surface area contributed by atoms with E-state index in [1.54, 1.807) is 30.3 Å². The zero-order chi connectivity index (χ0) is 19.9. The van der Waals surface area contributed by atoms with Crippen LogP contribution in [-0.2, 0) is 10.0 Å². The average molecular weight is 394 g/mol. The van der Waals surface area contributed by atoms with Crippen LogP contribution in [0.3, 0.4) is 0 Å². The van der Waals surface area contributed by atoms with Crippen LogP contribution in [0.15, 0.2) is 47.4 Å². The molecule has 0 radical (unpaired) electrons. The summed E-state index contributed by atoms with van der Waals surface area (Å²) in [7, 11) is 0.727. The quantitative estimate of drug-likeness (QED) is 0.624. The number of rotatable bonds is 9. The smallest absolute Gasteiger partial charge is 0.258 e. The van der Waals surface area contributed by atoms with Crippen molar-refractivity contribution in [3.63, 3.8) is 0 Å². The fourth-order valence-corrected chi connectivity index (χ4v) is 3.39. The molecule has 27 heavy (non-hydrogen) atoms. The summed E-state index contributed by atoms with van der Waals surface area (Å²) >= 11 is 0. The first kappa shape index (κ1) is 20.5. The van der Waals surface area contributed by atoms with Crippen molar-refractivity contribution in [1.82, 2.24) is 10.0 Å². The lowest BCUT2D eigenvalue weighted by molar-refractivity contribution is 0.0948. The van der Waals surface area contributed by atoms with Crippen molar-refractivity contribution >= 4 is 15.9 Å². The third-order valence-corrected chi connectivity index (χ3v) is 5.20. The zero-order valence-electron chi connectivity index (χ0n) is 15.3. The van der Waals surface area contributed by atoms with Crippen molar-refractivity contribution in [2.75, 3.05) is 34.4 Å². The molecule has 0 unspecified atom stereocenters. The molecule has 1 amide bonds. The summed E-state index contributed by atoms with van der Waals surface area (Å²) in [6.45, 7) is 0.118. The molecule has 0 aliphatic rings. The first-order valence-corrected chi connectivity index (χ1v) is 9.54. The van der Waals surface area contributed by atoms with Crippen LogP contribution in [0.1, 0.15) is 10.4 Å². The van der Waals surface area contributed by atoms with Gasteiger partial charge in [0.15, 0.2) is 0 Å². The lowest BCUT2D eigenvalue weighted by atomic mass is 10.1. The lowest BCUT2D eigenvalue weighted by Gasteiger charge is -2.13. The number of hydrogen-bond donors (Lipinski definition) is 2. The van der Waals surface area contributed by atoms with Gasteiger partial charge in [-0.2, -0.15) is 0 Å². The molecule has 0 bridgehead atoms. The summed E-state index contributed by atoms with van der Waals surface area (Å²) in [5.74, 6) is 0.872. The third-order valence-electron chi connectivity index (χ3n) is 3.73. The fourth-order valence-electron chi connectivity index (χ4n) is 2.36. The van der Waals surface area contributed by atoms with Gasteiger partial charge in [0.05, 0.1) is 26.2 Å². The summed E-state index contributed by atoms with van der Waals surface area (Å²) in [6, 6.07) is 11.0. The Bertz CT molecular complexity index is 859. The van der Waals surface area contributed by atoms with Crippen LogP contribution < -0.4 is 24.2 Å². The van der Waals surface area contributed by atoms with Gasteiger partial charge in [-0.3, -0.25) is 4.79 Å². The molecule has 0 aliphatic carbocycles. The predicted octanol–water partition coefficient (Wildman–Crippen LogP) is 1.42. The number of methoxy groups -OCH3 is 3. The standard InChI is InChI=1S/C18H22N2O6S/c1-24-13-7-9-14(10-8-13)27(22,23)20-12-11-19-18(21)17-15(25-2)5-4-6-16(17)26-3/h4-10,20H,11-12H2,1-3H3,(H,19,21). The summed E-state index contributed by atoms with van der Waals surface area (Å²) in [5, 5.41) is 2.64. The highest BCUT2D eigenvalue weighted by Gasteiger charge is 2.18. The van der Waals surface area contributed by atoms with Gasteiger partial charge < -0.3 is 19.5 Å². The molecule has 2 rings (SSSR count). The minimum Gasteiger partial charge on any atom is -0.497 e. The van der Waals surface area contributed by atoms with E-state index >= 15 is 0 Å². The molecule has 9 heteroatoms. The Morgan fingerprint density at radius 3 is 2.00 bits per heavy atom. The maximum absolute atomic E-state index is 12.4. The van der Waals surface area contributed by atoms with Crippen molar-refractivity contribution in [2.24, 2.45) is 0 Å². The molecule has 0 atom stereocenters. The Hall–Kier alpha value is -2.78. The molecule has 2 N–H and O–H groups in total. The Morgan fingerprint density at radius 1 is 0.889 bits per heavy atom. The van der Waals surface area contributed by atoms with Gasteiger partial charge in [-0.1, -0.05) is 6.07 Å². The summed E-state index contributed by atoms with van der Waals surface area (Å²) in [6.07, 6.45) is 0. The van der Waals surface area contributed by atoms with E-state index in [0.717, 1.165) is 0 Å². The molecular weight excluding hydrogens is 372 g/mol. The number of carbonyl (C=O) groups is 1. The van der Waals surface area contributed by atoms with Gasteiger partial charge in [0, 0.05) is 13.1 Å². The predicted molar refractivity (Wildman–Crippen MR) is 100 cm³/mol. The SMILES string of the molecule is COc1ccc(S(=O)(=O)NCCNC(=O)c2c(OC)cccc2OC)cc1. The number of hydrogen-bond acceptors (Lipinski definition) is 6. The normalized spacial score (nSPS) is 10.9. The monoisotopic (exact) mass is 394 g/mol. The number of benzene rings is 2. The van der Waals surface area contributed by atoms with Crippen LogP contribution in [0.25, 0.3) is 0 Å². The zero-order valence-corrected chi connectivity index (χ0v) is 16.1. The fraction of sp³-hybridized carbons (Fsp3) is 0.278. The van der Waals surface area contributed by atoms with E-state index < -0.39 is 15.9 Å². The highest BCUT2D eigenvalue weighted by molar-refractivity contribution is 7.89. The van der Waals surface area contributed by atoms with E-state index in [1.165, 1.54) is 33.5 Å². The second-order valence-electron chi connectivity index (χ2n) is 5.37. The van der Waals surface area contributed by atoms with Crippen LogP contribution in [0.5, 0.6) is 17.2 Å². The van der Waals surface area contributed by atoms with Crippen LogP contribution in [-0.4, -0.2) is 48.7 Å². The molecule has 0 heterocycles. The number of amides is 1. The van der Waals surface area contributed by atoms with Crippen LogP contribution in [0.4, 0.5) is 0 Å². The second-order valence-corrected chi connectivity index (χ2v) is 7.13.